The summed E-state index contributed by atoms with van der Waals surface area (Å²) in [5.41, 5.74) is 0. The van der Waals surface area contributed by atoms with Crippen molar-refractivity contribution in [3.63, 3.8) is 0 Å². The molecule has 0 amide bonds. The van der Waals surface area contributed by atoms with Gasteiger partial charge in [-0.1, -0.05) is 0 Å². The fourth-order valence-electron chi connectivity index (χ4n) is 2.85. The molecule has 2 fully saturated rings. The van der Waals surface area contributed by atoms with Crippen LogP contribution in [0.2, 0.25) is 0 Å². The lowest BCUT2D eigenvalue weighted by atomic mass is 9.91. The molecule has 4 nitrogen and oxygen atoms in total. The average molecular weight is 246 g/mol. The molecule has 0 aromatic carbocycles. The van der Waals surface area contributed by atoms with E-state index < -0.39 is 10.0 Å². The van der Waals surface area contributed by atoms with Crippen molar-refractivity contribution in [1.29, 1.82) is 0 Å². The summed E-state index contributed by atoms with van der Waals surface area (Å²) >= 11 is 0. The van der Waals surface area contributed by atoms with Gasteiger partial charge in [0.25, 0.3) is 0 Å². The van der Waals surface area contributed by atoms with E-state index in [4.69, 9.17) is 0 Å². The Morgan fingerprint density at radius 1 is 1.31 bits per heavy atom. The molecule has 0 radical (unpaired) electrons. The van der Waals surface area contributed by atoms with E-state index in [1.165, 1.54) is 19.3 Å². The lowest BCUT2D eigenvalue weighted by Gasteiger charge is -2.34. The SMILES string of the molecule is CCS(=O)(=O)N1CCCC(C2CCCN2)C1. The monoisotopic (exact) mass is 246 g/mol. The first kappa shape index (κ1) is 12.3. The van der Waals surface area contributed by atoms with E-state index in [0.717, 1.165) is 26.1 Å². The van der Waals surface area contributed by atoms with Gasteiger partial charge in [-0.3, -0.25) is 0 Å². The normalized spacial score (nSPS) is 33.1. The number of hydrogen-bond acceptors (Lipinski definition) is 3. The Labute approximate surface area is 98.4 Å². The molecule has 2 heterocycles. The van der Waals surface area contributed by atoms with Crippen molar-refractivity contribution in [2.45, 2.75) is 38.6 Å². The van der Waals surface area contributed by atoms with Gasteiger partial charge in [-0.25, -0.2) is 12.7 Å². The molecule has 2 aliphatic heterocycles. The van der Waals surface area contributed by atoms with Crippen LogP contribution < -0.4 is 5.32 Å². The van der Waals surface area contributed by atoms with Crippen molar-refractivity contribution in [2.24, 2.45) is 5.92 Å². The number of hydrogen-bond donors (Lipinski definition) is 1. The van der Waals surface area contributed by atoms with Crippen molar-refractivity contribution >= 4 is 10.0 Å². The van der Waals surface area contributed by atoms with Crippen molar-refractivity contribution < 1.29 is 8.42 Å². The van der Waals surface area contributed by atoms with E-state index in [-0.39, 0.29) is 5.75 Å². The molecule has 16 heavy (non-hydrogen) atoms. The van der Waals surface area contributed by atoms with E-state index in [2.05, 4.69) is 5.32 Å². The Balaban J connectivity index is 1.98. The van der Waals surface area contributed by atoms with E-state index in [1.54, 1.807) is 11.2 Å². The van der Waals surface area contributed by atoms with Crippen LogP contribution in [0.4, 0.5) is 0 Å². The molecule has 2 saturated heterocycles. The van der Waals surface area contributed by atoms with Crippen molar-refractivity contribution in [2.75, 3.05) is 25.4 Å². The van der Waals surface area contributed by atoms with Crippen LogP contribution in [0, 0.1) is 5.92 Å². The Morgan fingerprint density at radius 2 is 2.12 bits per heavy atom. The van der Waals surface area contributed by atoms with Gasteiger partial charge in [0.15, 0.2) is 0 Å². The van der Waals surface area contributed by atoms with Gasteiger partial charge < -0.3 is 5.32 Å². The Kier molecular flexibility index (Phi) is 3.87. The van der Waals surface area contributed by atoms with Gasteiger partial charge in [-0.15, -0.1) is 0 Å². The Hall–Kier alpha value is -0.130. The van der Waals surface area contributed by atoms with E-state index >= 15 is 0 Å². The first-order chi connectivity index (χ1) is 7.63. The molecule has 2 unspecified atom stereocenters. The predicted octanol–water partition coefficient (Wildman–Crippen LogP) is 0.800. The maximum atomic E-state index is 11.8. The second kappa shape index (κ2) is 5.02. The summed E-state index contributed by atoms with van der Waals surface area (Å²) in [4.78, 5) is 0. The zero-order chi connectivity index (χ0) is 11.6. The van der Waals surface area contributed by atoms with Crippen LogP contribution in [0.5, 0.6) is 0 Å². The van der Waals surface area contributed by atoms with E-state index in [1.807, 2.05) is 0 Å². The highest BCUT2D eigenvalue weighted by Crippen LogP contribution is 2.26. The topological polar surface area (TPSA) is 49.4 Å². The summed E-state index contributed by atoms with van der Waals surface area (Å²) in [7, 11) is -2.98. The van der Waals surface area contributed by atoms with Crippen LogP contribution in [-0.4, -0.2) is 44.2 Å². The lowest BCUT2D eigenvalue weighted by Crippen LogP contribution is -2.46. The second-order valence-corrected chi connectivity index (χ2v) is 7.12. The molecule has 0 spiro atoms. The summed E-state index contributed by atoms with van der Waals surface area (Å²) < 4.78 is 25.3. The fraction of sp³-hybridized carbons (Fsp3) is 1.00. The lowest BCUT2D eigenvalue weighted by molar-refractivity contribution is 0.226. The summed E-state index contributed by atoms with van der Waals surface area (Å²) in [6.07, 6.45) is 4.64. The highest BCUT2D eigenvalue weighted by atomic mass is 32.2. The summed E-state index contributed by atoms with van der Waals surface area (Å²) in [5.74, 6) is 0.759. The minimum Gasteiger partial charge on any atom is -0.314 e. The average Bonchev–Trinajstić information content (AvgIpc) is 2.83. The van der Waals surface area contributed by atoms with Crippen LogP contribution in [0.25, 0.3) is 0 Å². The van der Waals surface area contributed by atoms with Crippen LogP contribution in [-0.2, 0) is 10.0 Å². The number of piperidine rings is 1. The van der Waals surface area contributed by atoms with Crippen LogP contribution in [0.15, 0.2) is 0 Å². The van der Waals surface area contributed by atoms with Gasteiger partial charge in [0.2, 0.25) is 10.0 Å². The maximum absolute atomic E-state index is 11.8. The zero-order valence-electron chi connectivity index (χ0n) is 9.98. The Bertz CT molecular complexity index is 323. The smallest absolute Gasteiger partial charge is 0.213 e. The molecule has 0 saturated carbocycles. The number of rotatable bonds is 3. The molecule has 2 aliphatic rings. The third kappa shape index (κ3) is 2.57. The molecule has 94 valence electrons. The minimum atomic E-state index is -2.98. The molecule has 0 aromatic heterocycles. The van der Waals surface area contributed by atoms with Gasteiger partial charge in [0.1, 0.15) is 0 Å². The van der Waals surface area contributed by atoms with Crippen LogP contribution in [0.1, 0.15) is 32.6 Å². The highest BCUT2D eigenvalue weighted by Gasteiger charge is 2.32. The summed E-state index contributed by atoms with van der Waals surface area (Å²) in [6.45, 7) is 4.28. The molecule has 1 N–H and O–H groups in total. The molecule has 0 aliphatic carbocycles. The molecule has 5 heteroatoms. The second-order valence-electron chi connectivity index (χ2n) is 4.86. The standard InChI is InChI=1S/C11H22N2O2S/c1-2-16(14,15)13-8-4-5-10(9-13)11-6-3-7-12-11/h10-12H,2-9H2,1H3. The third-order valence-electron chi connectivity index (χ3n) is 3.85. The molecular formula is C11H22N2O2S. The number of sulfonamides is 1. The first-order valence-corrected chi connectivity index (χ1v) is 7.95. The fourth-order valence-corrected chi connectivity index (χ4v) is 4.04. The largest absolute Gasteiger partial charge is 0.314 e. The third-order valence-corrected chi connectivity index (χ3v) is 5.69. The zero-order valence-corrected chi connectivity index (χ0v) is 10.8. The van der Waals surface area contributed by atoms with Crippen LogP contribution in [0.3, 0.4) is 0 Å². The van der Waals surface area contributed by atoms with E-state index in [0.29, 0.717) is 12.0 Å². The summed E-state index contributed by atoms with van der Waals surface area (Å²) in [6, 6.07) is 0.551. The summed E-state index contributed by atoms with van der Waals surface area (Å²) in [5, 5.41) is 3.49. The van der Waals surface area contributed by atoms with Gasteiger partial charge in [0.05, 0.1) is 5.75 Å². The maximum Gasteiger partial charge on any atom is 0.213 e. The van der Waals surface area contributed by atoms with Gasteiger partial charge >= 0.3 is 0 Å². The molecule has 0 bridgehead atoms. The number of nitrogens with one attached hydrogen (secondary N) is 1. The van der Waals surface area contributed by atoms with Crippen LogP contribution >= 0.6 is 0 Å². The van der Waals surface area contributed by atoms with Gasteiger partial charge in [0, 0.05) is 19.1 Å². The highest BCUT2D eigenvalue weighted by molar-refractivity contribution is 7.89. The molecule has 0 aromatic rings. The number of nitrogens with zero attached hydrogens (tertiary/aromatic N) is 1. The molecule has 2 atom stereocenters. The molecule has 2 rings (SSSR count). The quantitative estimate of drug-likeness (QED) is 0.801. The van der Waals surface area contributed by atoms with Gasteiger partial charge in [-0.2, -0.15) is 0 Å². The van der Waals surface area contributed by atoms with Crippen molar-refractivity contribution in [3.05, 3.63) is 0 Å². The minimum absolute atomic E-state index is 0.234. The van der Waals surface area contributed by atoms with Crippen molar-refractivity contribution in [3.8, 4) is 0 Å². The van der Waals surface area contributed by atoms with Crippen molar-refractivity contribution in [1.82, 2.24) is 9.62 Å². The first-order valence-electron chi connectivity index (χ1n) is 6.34. The van der Waals surface area contributed by atoms with E-state index in [9.17, 15) is 8.42 Å². The van der Waals surface area contributed by atoms with Gasteiger partial charge in [-0.05, 0) is 45.1 Å². The Morgan fingerprint density at radius 3 is 2.75 bits per heavy atom. The molecular weight excluding hydrogens is 224 g/mol. The predicted molar refractivity (Wildman–Crippen MR) is 64.8 cm³/mol.